The maximum absolute atomic E-state index is 12.1. The van der Waals surface area contributed by atoms with Crippen LogP contribution in [-0.4, -0.2) is 22.2 Å². The molecule has 0 amide bonds. The van der Waals surface area contributed by atoms with Gasteiger partial charge >= 0.3 is 7.12 Å². The molecule has 1 aromatic heterocycles. The molecule has 0 aromatic carbocycles. The minimum atomic E-state index is -1.62. The zero-order valence-electron chi connectivity index (χ0n) is 5.03. The first-order chi connectivity index (χ1) is 4.70. The van der Waals surface area contributed by atoms with Crippen LogP contribution in [0.3, 0.4) is 0 Å². The molecule has 10 heavy (non-hydrogen) atoms. The summed E-state index contributed by atoms with van der Waals surface area (Å²) in [7, 11) is -1.62. The standard InChI is InChI=1S/C5H5BFNO2/c7-4-1-2-5(6(9)10)8-3-4/h1-3,9-10H. The smallest absolute Gasteiger partial charge is 0.422 e. The molecule has 0 bridgehead atoms. The van der Waals surface area contributed by atoms with Crippen LogP contribution in [0.1, 0.15) is 0 Å². The maximum Gasteiger partial charge on any atom is 0.508 e. The number of rotatable bonds is 1. The molecule has 1 aromatic rings. The number of pyridine rings is 1. The Balaban J connectivity index is 2.89. The van der Waals surface area contributed by atoms with Crippen molar-refractivity contribution in [2.45, 2.75) is 0 Å². The molecule has 0 unspecified atom stereocenters. The van der Waals surface area contributed by atoms with Crippen LogP contribution >= 0.6 is 0 Å². The van der Waals surface area contributed by atoms with E-state index in [9.17, 15) is 4.39 Å². The fourth-order valence-electron chi connectivity index (χ4n) is 0.540. The Morgan fingerprint density at radius 3 is 2.50 bits per heavy atom. The van der Waals surface area contributed by atoms with Crippen LogP contribution in [-0.2, 0) is 0 Å². The van der Waals surface area contributed by atoms with Crippen molar-refractivity contribution in [2.75, 3.05) is 0 Å². The van der Waals surface area contributed by atoms with Crippen LogP contribution in [0.25, 0.3) is 0 Å². The van der Waals surface area contributed by atoms with Crippen molar-refractivity contribution in [2.24, 2.45) is 0 Å². The highest BCUT2D eigenvalue weighted by molar-refractivity contribution is 6.57. The first-order valence-corrected chi connectivity index (χ1v) is 2.68. The molecular weight excluding hydrogens is 136 g/mol. The van der Waals surface area contributed by atoms with Crippen LogP contribution in [0.5, 0.6) is 0 Å². The van der Waals surface area contributed by atoms with Gasteiger partial charge < -0.3 is 10.0 Å². The molecule has 0 saturated heterocycles. The fourth-order valence-corrected chi connectivity index (χ4v) is 0.540. The Morgan fingerprint density at radius 2 is 2.10 bits per heavy atom. The van der Waals surface area contributed by atoms with Crippen molar-refractivity contribution < 1.29 is 14.4 Å². The van der Waals surface area contributed by atoms with Crippen LogP contribution < -0.4 is 5.59 Å². The number of halogens is 1. The van der Waals surface area contributed by atoms with Gasteiger partial charge in [-0.15, -0.1) is 0 Å². The highest BCUT2D eigenvalue weighted by Gasteiger charge is 2.11. The molecule has 52 valence electrons. The average Bonchev–Trinajstić information content (AvgIpc) is 1.88. The SMILES string of the molecule is OB(O)c1ccc(F)cn1. The summed E-state index contributed by atoms with van der Waals surface area (Å²) in [6.07, 6.45) is 0.925. The second-order valence-electron chi connectivity index (χ2n) is 1.77. The third kappa shape index (κ3) is 1.52. The lowest BCUT2D eigenvalue weighted by Crippen LogP contribution is -2.32. The molecule has 0 fully saturated rings. The van der Waals surface area contributed by atoms with E-state index in [2.05, 4.69) is 4.98 Å². The Morgan fingerprint density at radius 1 is 1.40 bits per heavy atom. The summed E-state index contributed by atoms with van der Waals surface area (Å²) in [6.45, 7) is 0. The molecule has 2 N–H and O–H groups in total. The number of hydrogen-bond acceptors (Lipinski definition) is 3. The molecule has 0 radical (unpaired) electrons. The van der Waals surface area contributed by atoms with Gasteiger partial charge in [0.15, 0.2) is 0 Å². The normalized spacial score (nSPS) is 9.50. The van der Waals surface area contributed by atoms with E-state index in [1.54, 1.807) is 0 Å². The largest absolute Gasteiger partial charge is 0.508 e. The molecule has 0 saturated carbocycles. The Labute approximate surface area is 57.3 Å². The van der Waals surface area contributed by atoms with E-state index < -0.39 is 12.9 Å². The predicted octanol–water partition coefficient (Wildman–Crippen LogP) is -1.10. The van der Waals surface area contributed by atoms with Crippen molar-refractivity contribution >= 4 is 12.7 Å². The molecule has 5 heteroatoms. The second kappa shape index (κ2) is 2.77. The van der Waals surface area contributed by atoms with Gasteiger partial charge in [0.25, 0.3) is 0 Å². The summed E-state index contributed by atoms with van der Waals surface area (Å²) in [6, 6.07) is 2.32. The van der Waals surface area contributed by atoms with Gasteiger partial charge in [-0.1, -0.05) is 0 Å². The molecule has 0 atom stereocenters. The maximum atomic E-state index is 12.1. The molecular formula is C5H5BFNO2. The van der Waals surface area contributed by atoms with E-state index in [1.807, 2.05) is 0 Å². The Hall–Kier alpha value is -0.935. The lowest BCUT2D eigenvalue weighted by atomic mass is 9.86. The Kier molecular flexibility index (Phi) is 1.98. The van der Waals surface area contributed by atoms with Gasteiger partial charge in [0.2, 0.25) is 0 Å². The van der Waals surface area contributed by atoms with Crippen molar-refractivity contribution in [3.63, 3.8) is 0 Å². The topological polar surface area (TPSA) is 53.4 Å². The molecule has 1 rings (SSSR count). The zero-order valence-corrected chi connectivity index (χ0v) is 5.03. The van der Waals surface area contributed by atoms with E-state index in [0.717, 1.165) is 12.3 Å². The Bertz CT molecular complexity index is 213. The van der Waals surface area contributed by atoms with E-state index in [1.165, 1.54) is 6.07 Å². The van der Waals surface area contributed by atoms with Crippen molar-refractivity contribution in [1.29, 1.82) is 0 Å². The minimum absolute atomic E-state index is 0.0430. The fraction of sp³-hybridized carbons (Fsp3) is 0. The number of aromatic nitrogens is 1. The van der Waals surface area contributed by atoms with Crippen molar-refractivity contribution in [3.05, 3.63) is 24.1 Å². The molecule has 0 spiro atoms. The first-order valence-electron chi connectivity index (χ1n) is 2.68. The lowest BCUT2D eigenvalue weighted by molar-refractivity contribution is 0.424. The van der Waals surface area contributed by atoms with Crippen LogP contribution in [0, 0.1) is 5.82 Å². The van der Waals surface area contributed by atoms with Gasteiger partial charge in [-0.25, -0.2) is 4.39 Å². The van der Waals surface area contributed by atoms with Gasteiger partial charge in [-0.05, 0) is 12.1 Å². The molecule has 0 aliphatic rings. The molecule has 0 aliphatic heterocycles. The lowest BCUT2D eigenvalue weighted by Gasteiger charge is -1.94. The third-order valence-electron chi connectivity index (χ3n) is 1.01. The van der Waals surface area contributed by atoms with Gasteiger partial charge in [-0.2, -0.15) is 0 Å². The minimum Gasteiger partial charge on any atom is -0.422 e. The summed E-state index contributed by atoms with van der Waals surface area (Å²) >= 11 is 0. The number of nitrogens with zero attached hydrogens (tertiary/aromatic N) is 1. The average molecular weight is 141 g/mol. The van der Waals surface area contributed by atoms with Gasteiger partial charge in [0.05, 0.1) is 11.8 Å². The third-order valence-corrected chi connectivity index (χ3v) is 1.01. The van der Waals surface area contributed by atoms with Crippen molar-refractivity contribution in [1.82, 2.24) is 4.98 Å². The van der Waals surface area contributed by atoms with Crippen LogP contribution in [0.2, 0.25) is 0 Å². The van der Waals surface area contributed by atoms with Crippen LogP contribution in [0.15, 0.2) is 18.3 Å². The quantitative estimate of drug-likeness (QED) is 0.488. The van der Waals surface area contributed by atoms with Crippen molar-refractivity contribution in [3.8, 4) is 0 Å². The summed E-state index contributed by atoms with van der Waals surface area (Å²) in [5, 5.41) is 17.0. The van der Waals surface area contributed by atoms with E-state index in [0.29, 0.717) is 0 Å². The zero-order chi connectivity index (χ0) is 7.56. The summed E-state index contributed by atoms with van der Waals surface area (Å²) < 4.78 is 12.1. The molecule has 1 heterocycles. The van der Waals surface area contributed by atoms with E-state index >= 15 is 0 Å². The first kappa shape index (κ1) is 7.18. The predicted molar refractivity (Wildman–Crippen MR) is 34.0 cm³/mol. The number of hydrogen-bond donors (Lipinski definition) is 2. The molecule has 0 aliphatic carbocycles. The summed E-state index contributed by atoms with van der Waals surface area (Å²) in [5.74, 6) is -0.496. The molecule has 3 nitrogen and oxygen atoms in total. The summed E-state index contributed by atoms with van der Waals surface area (Å²) in [5.41, 5.74) is 0.0430. The highest BCUT2D eigenvalue weighted by Crippen LogP contribution is 1.88. The van der Waals surface area contributed by atoms with E-state index in [4.69, 9.17) is 10.0 Å². The van der Waals surface area contributed by atoms with Crippen LogP contribution in [0.4, 0.5) is 4.39 Å². The summed E-state index contributed by atoms with van der Waals surface area (Å²) in [4.78, 5) is 3.40. The van der Waals surface area contributed by atoms with Gasteiger partial charge in [-0.3, -0.25) is 4.98 Å². The highest BCUT2D eigenvalue weighted by atomic mass is 19.1. The second-order valence-corrected chi connectivity index (χ2v) is 1.77. The van der Waals surface area contributed by atoms with Gasteiger partial charge in [0.1, 0.15) is 5.82 Å². The monoisotopic (exact) mass is 141 g/mol. The van der Waals surface area contributed by atoms with Gasteiger partial charge in [0, 0.05) is 0 Å². The van der Waals surface area contributed by atoms with E-state index in [-0.39, 0.29) is 5.59 Å².